The van der Waals surface area contributed by atoms with Gasteiger partial charge in [0, 0.05) is 35.3 Å². The van der Waals surface area contributed by atoms with Gasteiger partial charge >= 0.3 is 6.29 Å². The predicted molar refractivity (Wildman–Crippen MR) is 131 cm³/mol. The normalized spacial score (nSPS) is 29.0. The van der Waals surface area contributed by atoms with Gasteiger partial charge in [-0.1, -0.05) is 26.7 Å². The maximum absolute atomic E-state index is 15.9. The highest BCUT2D eigenvalue weighted by Gasteiger charge is 2.52. The first-order valence-electron chi connectivity index (χ1n) is 17.5. The highest BCUT2D eigenvalue weighted by molar-refractivity contribution is 5.95. The first kappa shape index (κ1) is 14.2. The maximum Gasteiger partial charge on any atom is 0.586 e. The number of aromatic nitrogens is 1. The summed E-state index contributed by atoms with van der Waals surface area (Å²) in [6.45, 7) is -3.10. The van der Waals surface area contributed by atoms with Crippen molar-refractivity contribution in [3.8, 4) is 11.5 Å². The van der Waals surface area contributed by atoms with E-state index < -0.39 is 121 Å². The molecule has 6 nitrogen and oxygen atoms in total. The van der Waals surface area contributed by atoms with E-state index in [4.69, 9.17) is 17.8 Å². The van der Waals surface area contributed by atoms with Crippen molar-refractivity contribution in [1.82, 2.24) is 4.57 Å². The molecule has 5 rings (SSSR count). The minimum Gasteiger partial charge on any atom is -0.395 e. The second-order valence-electron chi connectivity index (χ2n) is 8.89. The minimum absolute atomic E-state index is 0.0744. The van der Waals surface area contributed by atoms with Crippen molar-refractivity contribution in [2.24, 2.45) is 0 Å². The van der Waals surface area contributed by atoms with E-state index in [9.17, 15) is 23.8 Å². The van der Waals surface area contributed by atoms with Crippen LogP contribution in [0.2, 0.25) is 0 Å². The summed E-state index contributed by atoms with van der Waals surface area (Å²) in [7, 11) is 0. The van der Waals surface area contributed by atoms with Crippen molar-refractivity contribution in [3.05, 3.63) is 59.0 Å². The van der Waals surface area contributed by atoms with Gasteiger partial charge in [0.05, 0.1) is 35.6 Å². The molecular weight excluding hydrogens is 487 g/mol. The monoisotopic (exact) mass is 530 g/mol. The Hall–Kier alpha value is -3.04. The Morgan fingerprint density at radius 3 is 2.73 bits per heavy atom. The number of fused-ring (bicyclic) bond motifs is 2. The molecule has 0 radical (unpaired) electrons. The molecule has 198 valence electrons. The van der Waals surface area contributed by atoms with Crippen LogP contribution in [0.25, 0.3) is 10.9 Å². The molecule has 1 aromatic heterocycles. The zero-order valence-corrected chi connectivity index (χ0v) is 19.6. The van der Waals surface area contributed by atoms with Crippen LogP contribution in [-0.2, 0) is 28.6 Å². The molecular formula is C28H30F3NO5. The zero-order chi connectivity index (χ0) is 38.2. The molecule has 1 saturated carbocycles. The van der Waals surface area contributed by atoms with E-state index in [1.807, 2.05) is 0 Å². The summed E-state index contributed by atoms with van der Waals surface area (Å²) in [5.41, 5.74) is -7.73. The number of ketones is 1. The first-order chi connectivity index (χ1) is 22.4. The largest absolute Gasteiger partial charge is 0.586 e. The second-order valence-corrected chi connectivity index (χ2v) is 8.89. The van der Waals surface area contributed by atoms with Crippen LogP contribution in [0.3, 0.4) is 0 Å². The first-order valence-corrected chi connectivity index (χ1v) is 11.0. The van der Waals surface area contributed by atoms with Gasteiger partial charge in [0.25, 0.3) is 0 Å². The Balaban J connectivity index is 1.71. The van der Waals surface area contributed by atoms with Crippen molar-refractivity contribution in [2.45, 2.75) is 76.0 Å². The van der Waals surface area contributed by atoms with Gasteiger partial charge in [0.2, 0.25) is 0 Å². The average molecular weight is 531 g/mol. The van der Waals surface area contributed by atoms with Gasteiger partial charge in [-0.05, 0) is 60.5 Å². The molecule has 2 aromatic carbocycles. The number of hydrogen-bond donors (Lipinski definition) is 2. The molecule has 2 heterocycles. The van der Waals surface area contributed by atoms with Gasteiger partial charge in [0.1, 0.15) is 11.6 Å². The number of ether oxygens (including phenoxy) is 2. The molecule has 0 saturated heterocycles. The summed E-state index contributed by atoms with van der Waals surface area (Å²) in [6, 6.07) is -0.713. The van der Waals surface area contributed by atoms with Gasteiger partial charge in [-0.15, -0.1) is 8.78 Å². The number of benzene rings is 2. The molecule has 3 aromatic rings. The Bertz CT molecular complexity index is 1910. The molecule has 0 amide bonds. The van der Waals surface area contributed by atoms with Crippen LogP contribution in [-0.4, -0.2) is 39.5 Å². The summed E-state index contributed by atoms with van der Waals surface area (Å²) in [6.07, 6.45) is -17.2. The molecule has 37 heavy (non-hydrogen) atoms. The van der Waals surface area contributed by atoms with E-state index in [1.54, 1.807) is 0 Å². The molecule has 1 unspecified atom stereocenters. The molecule has 1 fully saturated rings. The van der Waals surface area contributed by atoms with E-state index in [1.165, 1.54) is 0 Å². The Morgan fingerprint density at radius 2 is 2.08 bits per heavy atom. The zero-order valence-electron chi connectivity index (χ0n) is 32.6. The van der Waals surface area contributed by atoms with Crippen LogP contribution in [0.15, 0.2) is 36.3 Å². The molecule has 1 aliphatic carbocycles. The molecule has 9 heteroatoms. The number of aliphatic hydroxyl groups is 2. The van der Waals surface area contributed by atoms with Crippen LogP contribution in [0, 0.1) is 5.82 Å². The van der Waals surface area contributed by atoms with Gasteiger partial charge < -0.3 is 24.3 Å². The topological polar surface area (TPSA) is 80.9 Å². The smallest absolute Gasteiger partial charge is 0.395 e. The number of halogens is 3. The summed E-state index contributed by atoms with van der Waals surface area (Å²) >= 11 is 0. The van der Waals surface area contributed by atoms with E-state index in [0.29, 0.717) is 0 Å². The lowest BCUT2D eigenvalue weighted by Crippen LogP contribution is -2.26. The number of Topliss-reactive ketones (excluding diaryl/α,β-unsaturated/α-hetero) is 1. The van der Waals surface area contributed by atoms with E-state index in [-0.39, 0.29) is 16.6 Å². The number of carbonyl (C=O) groups excluding carboxylic acids is 1. The van der Waals surface area contributed by atoms with Crippen molar-refractivity contribution in [3.63, 3.8) is 0 Å². The average Bonchev–Trinajstić information content (AvgIpc) is 3.27. The Labute approximate surface area is 230 Å². The standard InChI is InChI=1S/C28H30F3NO5/c1-4-26(2,3)24-10-17-9-16(20(29)13-21(17)32(24)14-19(34)15-33)11-25(35)27(7-8-27)18-5-6-22-23(12-18)37-28(30,31)36-22/h5-6,9-10,12-13,19,33-34H,4,7-8,11,14-15H2,1-3H3/t19-/m1/s1/i2D3,4D2,5D,6D,7D2,8D2,12D,19D/t19-,26?. The predicted octanol–water partition coefficient (Wildman–Crippen LogP) is 4.99. The molecule has 2 aliphatic rings. The summed E-state index contributed by atoms with van der Waals surface area (Å²) in [5.74, 6) is -4.89. The van der Waals surface area contributed by atoms with Crippen LogP contribution < -0.4 is 9.47 Å². The van der Waals surface area contributed by atoms with E-state index in [2.05, 4.69) is 9.47 Å². The van der Waals surface area contributed by atoms with Crippen molar-refractivity contribution < 1.29 is 55.5 Å². The summed E-state index contributed by atoms with van der Waals surface area (Å²) < 4.78 is 161. The molecule has 0 bridgehead atoms. The third-order valence-corrected chi connectivity index (χ3v) is 6.31. The minimum atomic E-state index is -4.40. The van der Waals surface area contributed by atoms with Crippen molar-refractivity contribution in [1.29, 1.82) is 0 Å². The SMILES string of the molecule is [2H]c1c([2H])c(C2(C(=O)Cc3cc4cc(C(C)(C([2H])([2H])[2H])C([2H])([2H])C)n(C[C@@]([2H])(O)CO)c4cc3F)C([2H])([2H])C2([2H])[2H])c([2H])c2c1OC(F)(F)O2. The van der Waals surface area contributed by atoms with Gasteiger partial charge in [-0.3, -0.25) is 4.79 Å². The highest BCUT2D eigenvalue weighted by Crippen LogP contribution is 2.52. The lowest BCUT2D eigenvalue weighted by atomic mass is 9.86. The van der Waals surface area contributed by atoms with Crippen LogP contribution in [0.5, 0.6) is 11.5 Å². The molecule has 2 atom stereocenters. The molecule has 1 aliphatic heterocycles. The number of aliphatic hydroxyl groups excluding tert-OH is 1. The number of nitrogens with zero attached hydrogens (tertiary/aromatic N) is 1. The van der Waals surface area contributed by atoms with Crippen molar-refractivity contribution in [2.75, 3.05) is 6.61 Å². The van der Waals surface area contributed by atoms with Gasteiger partial charge in [-0.2, -0.15) is 0 Å². The Kier molecular flexibility index (Phi) is 3.37. The summed E-state index contributed by atoms with van der Waals surface area (Å²) in [4.78, 5) is 14.1. The third kappa shape index (κ3) is 4.48. The fourth-order valence-electron chi connectivity index (χ4n) is 4.15. The van der Waals surface area contributed by atoms with E-state index >= 15 is 4.39 Å². The highest BCUT2D eigenvalue weighted by atomic mass is 19.3. The number of hydrogen-bond acceptors (Lipinski definition) is 5. The fourth-order valence-corrected chi connectivity index (χ4v) is 4.15. The van der Waals surface area contributed by atoms with Crippen LogP contribution in [0.1, 0.15) is 74.5 Å². The maximum atomic E-state index is 15.9. The third-order valence-electron chi connectivity index (χ3n) is 6.31. The summed E-state index contributed by atoms with van der Waals surface area (Å²) in [5, 5.41) is 19.9. The van der Waals surface area contributed by atoms with Gasteiger partial charge in [0.15, 0.2) is 11.5 Å². The second kappa shape index (κ2) is 8.77. The lowest BCUT2D eigenvalue weighted by Gasteiger charge is -2.26. The van der Waals surface area contributed by atoms with Crippen molar-refractivity contribution >= 4 is 16.7 Å². The van der Waals surface area contributed by atoms with Crippen LogP contribution >= 0.6 is 0 Å². The lowest BCUT2D eigenvalue weighted by molar-refractivity contribution is -0.286. The number of rotatable bonds is 9. The fraction of sp³-hybridized carbons (Fsp3) is 0.464. The quantitative estimate of drug-likeness (QED) is 0.408. The molecule has 0 spiro atoms. The van der Waals surface area contributed by atoms with E-state index in [0.717, 1.165) is 36.6 Å². The number of carbonyl (C=O) groups is 1. The number of alkyl halides is 2. The van der Waals surface area contributed by atoms with Crippen LogP contribution in [0.4, 0.5) is 13.2 Å². The van der Waals surface area contributed by atoms with Gasteiger partial charge in [-0.25, -0.2) is 4.39 Å². The molecule has 2 N–H and O–H groups in total. The Morgan fingerprint density at radius 1 is 1.35 bits per heavy atom.